The highest BCUT2D eigenvalue weighted by Gasteiger charge is 2.12. The number of carbonyl (C=O) groups excluding carboxylic acids is 2. The lowest BCUT2D eigenvalue weighted by Gasteiger charge is -2.17. The Morgan fingerprint density at radius 3 is 2.64 bits per heavy atom. The van der Waals surface area contributed by atoms with Crippen molar-refractivity contribution in [3.8, 4) is 0 Å². The normalized spacial score (nSPS) is 10.6. The van der Waals surface area contributed by atoms with Crippen LogP contribution in [0, 0.1) is 12.7 Å². The lowest BCUT2D eigenvalue weighted by molar-refractivity contribution is -0.117. The molecule has 132 valence electrons. The molecule has 0 saturated heterocycles. The van der Waals surface area contributed by atoms with E-state index in [1.165, 1.54) is 19.2 Å². The number of esters is 1. The third-order valence-corrected chi connectivity index (χ3v) is 3.69. The van der Waals surface area contributed by atoms with Gasteiger partial charge in [0.05, 0.1) is 19.2 Å². The fourth-order valence-corrected chi connectivity index (χ4v) is 2.44. The summed E-state index contributed by atoms with van der Waals surface area (Å²) in [6.45, 7) is 2.43. The molecule has 0 saturated carbocycles. The van der Waals surface area contributed by atoms with Crippen molar-refractivity contribution in [3.63, 3.8) is 0 Å². The fourth-order valence-electron chi connectivity index (χ4n) is 2.44. The van der Waals surface area contributed by atoms with Crippen LogP contribution in [-0.4, -0.2) is 37.5 Å². The zero-order valence-electron chi connectivity index (χ0n) is 14.5. The highest BCUT2D eigenvalue weighted by atomic mass is 19.1. The van der Waals surface area contributed by atoms with Crippen LogP contribution in [0.15, 0.2) is 42.5 Å². The number of nitrogens with zero attached hydrogens (tertiary/aromatic N) is 1. The minimum absolute atomic E-state index is 0.137. The second-order valence-electron chi connectivity index (χ2n) is 5.87. The molecule has 5 nitrogen and oxygen atoms in total. The molecule has 0 atom stereocenters. The molecule has 0 aromatic heterocycles. The molecule has 2 aromatic rings. The lowest BCUT2D eigenvalue weighted by Crippen LogP contribution is -2.30. The number of aryl methyl sites for hydroxylation is 1. The maximum atomic E-state index is 13.2. The van der Waals surface area contributed by atoms with Crippen molar-refractivity contribution in [2.45, 2.75) is 13.5 Å². The van der Waals surface area contributed by atoms with E-state index in [1.54, 1.807) is 36.2 Å². The molecule has 0 radical (unpaired) electrons. The third-order valence-electron chi connectivity index (χ3n) is 3.69. The van der Waals surface area contributed by atoms with Gasteiger partial charge in [-0.25, -0.2) is 9.18 Å². The first-order chi connectivity index (χ1) is 11.9. The van der Waals surface area contributed by atoms with Gasteiger partial charge in [-0.2, -0.15) is 0 Å². The molecule has 0 aliphatic carbocycles. The van der Waals surface area contributed by atoms with Crippen LogP contribution in [0.3, 0.4) is 0 Å². The fraction of sp³-hybridized carbons (Fsp3) is 0.263. The SMILES string of the molecule is COC(=O)c1ccc(C)c(NC(=O)CN(C)Cc2cccc(F)c2)c1. The number of amides is 1. The summed E-state index contributed by atoms with van der Waals surface area (Å²) in [7, 11) is 3.09. The number of methoxy groups -OCH3 is 1. The third kappa shape index (κ3) is 5.39. The molecule has 25 heavy (non-hydrogen) atoms. The average molecular weight is 344 g/mol. The molecule has 0 aliphatic rings. The molecule has 6 heteroatoms. The van der Waals surface area contributed by atoms with Crippen LogP contribution in [0.5, 0.6) is 0 Å². The highest BCUT2D eigenvalue weighted by Crippen LogP contribution is 2.17. The van der Waals surface area contributed by atoms with E-state index in [4.69, 9.17) is 0 Å². The first-order valence-corrected chi connectivity index (χ1v) is 7.81. The van der Waals surface area contributed by atoms with E-state index >= 15 is 0 Å². The second kappa shape index (κ2) is 8.39. The molecule has 0 aliphatic heterocycles. The van der Waals surface area contributed by atoms with Crippen LogP contribution in [0.1, 0.15) is 21.5 Å². The number of nitrogens with one attached hydrogen (secondary N) is 1. The summed E-state index contributed by atoms with van der Waals surface area (Å²) in [4.78, 5) is 25.6. The Bertz CT molecular complexity index is 777. The van der Waals surface area contributed by atoms with Crippen molar-refractivity contribution in [1.29, 1.82) is 0 Å². The summed E-state index contributed by atoms with van der Waals surface area (Å²) in [5.74, 6) is -0.978. The first-order valence-electron chi connectivity index (χ1n) is 7.81. The summed E-state index contributed by atoms with van der Waals surface area (Å²) in [6.07, 6.45) is 0. The van der Waals surface area contributed by atoms with Crippen LogP contribution in [0.2, 0.25) is 0 Å². The Morgan fingerprint density at radius 2 is 1.96 bits per heavy atom. The molecule has 0 heterocycles. The molecule has 0 bridgehead atoms. The number of likely N-dealkylation sites (N-methyl/N-ethyl adjacent to an activating group) is 1. The minimum Gasteiger partial charge on any atom is -0.465 e. The van der Waals surface area contributed by atoms with Gasteiger partial charge in [0.2, 0.25) is 5.91 Å². The van der Waals surface area contributed by atoms with Gasteiger partial charge in [0.25, 0.3) is 0 Å². The number of carbonyl (C=O) groups is 2. The van der Waals surface area contributed by atoms with Crippen LogP contribution in [-0.2, 0) is 16.1 Å². The maximum absolute atomic E-state index is 13.2. The predicted molar refractivity (Wildman–Crippen MR) is 93.9 cm³/mol. The topological polar surface area (TPSA) is 58.6 Å². The van der Waals surface area contributed by atoms with Crippen molar-refractivity contribution >= 4 is 17.6 Å². The van der Waals surface area contributed by atoms with E-state index in [2.05, 4.69) is 10.1 Å². The Labute approximate surface area is 146 Å². The van der Waals surface area contributed by atoms with Gasteiger partial charge in [0.1, 0.15) is 5.82 Å². The summed E-state index contributed by atoms with van der Waals surface area (Å²) < 4.78 is 17.9. The molecule has 1 amide bonds. The lowest BCUT2D eigenvalue weighted by atomic mass is 10.1. The molecular weight excluding hydrogens is 323 g/mol. The maximum Gasteiger partial charge on any atom is 0.337 e. The van der Waals surface area contributed by atoms with Crippen LogP contribution < -0.4 is 5.32 Å². The second-order valence-corrected chi connectivity index (χ2v) is 5.87. The van der Waals surface area contributed by atoms with Gasteiger partial charge >= 0.3 is 5.97 Å². The molecule has 1 N–H and O–H groups in total. The summed E-state index contributed by atoms with van der Waals surface area (Å²) in [5.41, 5.74) is 2.57. The Kier molecular flexibility index (Phi) is 6.25. The number of rotatable bonds is 6. The van der Waals surface area contributed by atoms with Crippen molar-refractivity contribution in [1.82, 2.24) is 4.90 Å². The van der Waals surface area contributed by atoms with E-state index < -0.39 is 5.97 Å². The van der Waals surface area contributed by atoms with Gasteiger partial charge in [0.15, 0.2) is 0 Å². The van der Waals surface area contributed by atoms with E-state index in [9.17, 15) is 14.0 Å². The molecule has 0 spiro atoms. The predicted octanol–water partition coefficient (Wildman–Crippen LogP) is 2.99. The highest BCUT2D eigenvalue weighted by molar-refractivity contribution is 5.96. The average Bonchev–Trinajstić information content (AvgIpc) is 2.55. The van der Waals surface area contributed by atoms with Crippen molar-refractivity contribution in [3.05, 3.63) is 65.0 Å². The number of ether oxygens (including phenoxy) is 1. The van der Waals surface area contributed by atoms with Crippen molar-refractivity contribution in [2.24, 2.45) is 0 Å². The van der Waals surface area contributed by atoms with Crippen LogP contribution >= 0.6 is 0 Å². The summed E-state index contributed by atoms with van der Waals surface area (Å²) in [6, 6.07) is 11.3. The zero-order chi connectivity index (χ0) is 18.4. The largest absolute Gasteiger partial charge is 0.465 e. The van der Waals surface area contributed by atoms with Gasteiger partial charge in [-0.1, -0.05) is 18.2 Å². The standard InChI is InChI=1S/C19H21FN2O3/c1-13-7-8-15(19(24)25-3)10-17(13)21-18(23)12-22(2)11-14-5-4-6-16(20)9-14/h4-10H,11-12H2,1-3H3,(H,21,23). The number of benzene rings is 2. The molecule has 0 fully saturated rings. The van der Waals surface area contributed by atoms with E-state index in [0.717, 1.165) is 11.1 Å². The van der Waals surface area contributed by atoms with Gasteiger partial charge in [0, 0.05) is 12.2 Å². The Hall–Kier alpha value is -2.73. The minimum atomic E-state index is -0.460. The number of hydrogen-bond acceptors (Lipinski definition) is 4. The molecule has 0 unspecified atom stereocenters. The zero-order valence-corrected chi connectivity index (χ0v) is 14.5. The Morgan fingerprint density at radius 1 is 1.20 bits per heavy atom. The Balaban J connectivity index is 1.98. The molecule has 2 rings (SSSR count). The van der Waals surface area contributed by atoms with Crippen LogP contribution in [0.4, 0.5) is 10.1 Å². The van der Waals surface area contributed by atoms with E-state index in [-0.39, 0.29) is 18.3 Å². The summed E-state index contributed by atoms with van der Waals surface area (Å²) >= 11 is 0. The smallest absolute Gasteiger partial charge is 0.337 e. The van der Waals surface area contributed by atoms with E-state index in [1.807, 2.05) is 13.0 Å². The number of hydrogen-bond donors (Lipinski definition) is 1. The van der Waals surface area contributed by atoms with Gasteiger partial charge in [-0.3, -0.25) is 9.69 Å². The monoisotopic (exact) mass is 344 g/mol. The van der Waals surface area contributed by atoms with Crippen molar-refractivity contribution < 1.29 is 18.7 Å². The molecule has 2 aromatic carbocycles. The molecular formula is C19H21FN2O3. The van der Waals surface area contributed by atoms with Gasteiger partial charge in [-0.15, -0.1) is 0 Å². The quantitative estimate of drug-likeness (QED) is 0.819. The van der Waals surface area contributed by atoms with Gasteiger partial charge < -0.3 is 10.1 Å². The summed E-state index contributed by atoms with van der Waals surface area (Å²) in [5, 5.41) is 2.80. The van der Waals surface area contributed by atoms with E-state index in [0.29, 0.717) is 17.8 Å². The van der Waals surface area contributed by atoms with Gasteiger partial charge in [-0.05, 0) is 49.4 Å². The number of halogens is 1. The van der Waals surface area contributed by atoms with Crippen molar-refractivity contribution in [2.75, 3.05) is 26.0 Å². The number of anilines is 1. The first kappa shape index (κ1) is 18.6. The van der Waals surface area contributed by atoms with Crippen LogP contribution in [0.25, 0.3) is 0 Å².